The van der Waals surface area contributed by atoms with E-state index in [2.05, 4.69) is 0 Å². The SMILES string of the molecule is Cc1ccc(C=C2C(=O)N(c3ccc(C)cc3)C(=S)N(c3ccc(C)cc3)C2=O)cc1. The van der Waals surface area contributed by atoms with E-state index in [0.717, 1.165) is 22.3 Å². The molecule has 0 spiro atoms. The molecule has 4 rings (SSSR count). The molecule has 1 fully saturated rings. The molecule has 2 amide bonds. The maximum atomic E-state index is 13.5. The molecular weight excluding hydrogens is 404 g/mol. The summed E-state index contributed by atoms with van der Waals surface area (Å²) < 4.78 is 0. The average Bonchev–Trinajstić information content (AvgIpc) is 2.75. The van der Waals surface area contributed by atoms with Crippen LogP contribution in [-0.4, -0.2) is 16.9 Å². The summed E-state index contributed by atoms with van der Waals surface area (Å²) in [5.41, 5.74) is 5.34. The van der Waals surface area contributed by atoms with Gasteiger partial charge in [0.05, 0.1) is 11.4 Å². The van der Waals surface area contributed by atoms with Gasteiger partial charge in [0.15, 0.2) is 5.11 Å². The van der Waals surface area contributed by atoms with Gasteiger partial charge in [-0.15, -0.1) is 0 Å². The molecule has 0 N–H and O–H groups in total. The molecule has 3 aromatic rings. The third kappa shape index (κ3) is 4.05. The highest BCUT2D eigenvalue weighted by atomic mass is 32.1. The van der Waals surface area contributed by atoms with Crippen LogP contribution in [0.5, 0.6) is 0 Å². The largest absolute Gasteiger partial charge is 0.270 e. The number of anilines is 2. The summed E-state index contributed by atoms with van der Waals surface area (Å²) in [7, 11) is 0. The van der Waals surface area contributed by atoms with E-state index in [1.807, 2.05) is 93.6 Å². The zero-order chi connectivity index (χ0) is 22.1. The van der Waals surface area contributed by atoms with E-state index in [4.69, 9.17) is 12.2 Å². The van der Waals surface area contributed by atoms with Crippen LogP contribution in [0.25, 0.3) is 6.08 Å². The van der Waals surface area contributed by atoms with Crippen LogP contribution in [0.2, 0.25) is 0 Å². The van der Waals surface area contributed by atoms with Gasteiger partial charge in [-0.05, 0) is 68.9 Å². The Labute approximate surface area is 187 Å². The minimum absolute atomic E-state index is 0.0682. The molecule has 0 atom stereocenters. The summed E-state index contributed by atoms with van der Waals surface area (Å²) >= 11 is 5.65. The summed E-state index contributed by atoms with van der Waals surface area (Å²) in [6, 6.07) is 22.7. The second-order valence-corrected chi connectivity index (χ2v) is 8.07. The van der Waals surface area contributed by atoms with Crippen LogP contribution in [0.1, 0.15) is 22.3 Å². The minimum Gasteiger partial charge on any atom is -0.268 e. The fraction of sp³-hybridized carbons (Fsp3) is 0.115. The normalized spacial score (nSPS) is 14.3. The highest BCUT2D eigenvalue weighted by Crippen LogP contribution is 2.30. The Morgan fingerprint density at radius 3 is 1.35 bits per heavy atom. The van der Waals surface area contributed by atoms with Crippen molar-refractivity contribution in [1.29, 1.82) is 0 Å². The Balaban J connectivity index is 1.85. The third-order valence-electron chi connectivity index (χ3n) is 5.22. The van der Waals surface area contributed by atoms with Crippen molar-refractivity contribution in [2.45, 2.75) is 20.8 Å². The molecule has 5 heteroatoms. The van der Waals surface area contributed by atoms with Crippen molar-refractivity contribution in [2.75, 3.05) is 9.80 Å². The van der Waals surface area contributed by atoms with E-state index in [-0.39, 0.29) is 10.7 Å². The van der Waals surface area contributed by atoms with Gasteiger partial charge < -0.3 is 0 Å². The molecule has 1 saturated heterocycles. The van der Waals surface area contributed by atoms with Crippen molar-refractivity contribution >= 4 is 46.6 Å². The van der Waals surface area contributed by atoms with Gasteiger partial charge in [-0.2, -0.15) is 0 Å². The average molecular weight is 427 g/mol. The van der Waals surface area contributed by atoms with Crippen molar-refractivity contribution in [2.24, 2.45) is 0 Å². The molecule has 31 heavy (non-hydrogen) atoms. The maximum Gasteiger partial charge on any atom is 0.270 e. The number of rotatable bonds is 3. The van der Waals surface area contributed by atoms with Crippen molar-refractivity contribution in [3.05, 3.63) is 101 Å². The van der Waals surface area contributed by atoms with E-state index < -0.39 is 11.8 Å². The van der Waals surface area contributed by atoms with Gasteiger partial charge in [-0.25, -0.2) is 0 Å². The third-order valence-corrected chi connectivity index (χ3v) is 5.59. The smallest absolute Gasteiger partial charge is 0.268 e. The summed E-state index contributed by atoms with van der Waals surface area (Å²) in [6.07, 6.45) is 1.63. The summed E-state index contributed by atoms with van der Waals surface area (Å²) in [5.74, 6) is -0.856. The molecule has 1 heterocycles. The van der Waals surface area contributed by atoms with E-state index in [0.29, 0.717) is 11.4 Å². The van der Waals surface area contributed by atoms with E-state index in [9.17, 15) is 9.59 Å². The first-order chi connectivity index (χ1) is 14.8. The van der Waals surface area contributed by atoms with Gasteiger partial charge >= 0.3 is 0 Å². The fourth-order valence-electron chi connectivity index (χ4n) is 3.40. The zero-order valence-electron chi connectivity index (χ0n) is 17.6. The Hall–Kier alpha value is -3.57. The lowest BCUT2D eigenvalue weighted by molar-refractivity contribution is -0.120. The van der Waals surface area contributed by atoms with Crippen LogP contribution in [0.4, 0.5) is 11.4 Å². The van der Waals surface area contributed by atoms with Crippen molar-refractivity contribution in [3.63, 3.8) is 0 Å². The number of carbonyl (C=O) groups is 2. The second-order valence-electron chi connectivity index (χ2n) is 7.70. The quantitative estimate of drug-likeness (QED) is 0.322. The number of hydrogen-bond acceptors (Lipinski definition) is 3. The zero-order valence-corrected chi connectivity index (χ0v) is 18.4. The van der Waals surface area contributed by atoms with Gasteiger partial charge in [0.2, 0.25) is 0 Å². The predicted octanol–water partition coefficient (Wildman–Crippen LogP) is 5.36. The van der Waals surface area contributed by atoms with Crippen LogP contribution < -0.4 is 9.80 Å². The van der Waals surface area contributed by atoms with Gasteiger partial charge in [-0.3, -0.25) is 19.4 Å². The van der Waals surface area contributed by atoms with Crippen molar-refractivity contribution in [1.82, 2.24) is 0 Å². The molecule has 0 saturated carbocycles. The van der Waals surface area contributed by atoms with Crippen molar-refractivity contribution < 1.29 is 9.59 Å². The molecule has 0 aliphatic carbocycles. The van der Waals surface area contributed by atoms with Crippen LogP contribution in [0.15, 0.2) is 78.4 Å². The maximum absolute atomic E-state index is 13.5. The lowest BCUT2D eigenvalue weighted by atomic mass is 10.0. The lowest BCUT2D eigenvalue weighted by Gasteiger charge is -2.36. The Morgan fingerprint density at radius 1 is 0.613 bits per heavy atom. The van der Waals surface area contributed by atoms with Crippen LogP contribution in [0.3, 0.4) is 0 Å². The Bertz CT molecular complexity index is 1120. The van der Waals surface area contributed by atoms with E-state index in [1.165, 1.54) is 9.80 Å². The monoisotopic (exact) mass is 426 g/mol. The molecule has 4 nitrogen and oxygen atoms in total. The first-order valence-corrected chi connectivity index (χ1v) is 10.4. The summed E-state index contributed by atoms with van der Waals surface area (Å²) in [6.45, 7) is 5.94. The number of aryl methyl sites for hydroxylation is 3. The lowest BCUT2D eigenvalue weighted by Crippen LogP contribution is -2.56. The summed E-state index contributed by atoms with van der Waals surface area (Å²) in [5, 5.41) is 0.142. The first kappa shape index (κ1) is 20.7. The Morgan fingerprint density at radius 2 is 0.968 bits per heavy atom. The molecule has 0 bridgehead atoms. The van der Waals surface area contributed by atoms with Crippen molar-refractivity contribution in [3.8, 4) is 0 Å². The van der Waals surface area contributed by atoms with Gasteiger partial charge in [0.25, 0.3) is 11.8 Å². The number of hydrogen-bond donors (Lipinski definition) is 0. The number of amides is 2. The van der Waals surface area contributed by atoms with Gasteiger partial charge in [-0.1, -0.05) is 65.2 Å². The highest BCUT2D eigenvalue weighted by molar-refractivity contribution is 7.81. The first-order valence-electron chi connectivity index (χ1n) is 10.00. The molecular formula is C26H22N2O2S. The highest BCUT2D eigenvalue weighted by Gasteiger charge is 2.41. The Kier molecular flexibility index (Phi) is 5.53. The number of benzene rings is 3. The van der Waals surface area contributed by atoms with E-state index in [1.54, 1.807) is 6.08 Å². The minimum atomic E-state index is -0.428. The standard InChI is InChI=1S/C26H22N2O2S/c1-17-4-10-20(11-5-17)16-23-24(29)27(21-12-6-18(2)7-13-21)26(31)28(25(23)30)22-14-8-19(3)9-15-22/h4-16H,1-3H3. The molecule has 3 aromatic carbocycles. The number of nitrogens with zero attached hydrogens (tertiary/aromatic N) is 2. The number of carbonyl (C=O) groups excluding carboxylic acids is 2. The van der Waals surface area contributed by atoms with Gasteiger partial charge in [0.1, 0.15) is 5.57 Å². The molecule has 0 radical (unpaired) electrons. The second kappa shape index (κ2) is 8.28. The summed E-state index contributed by atoms with van der Waals surface area (Å²) in [4.78, 5) is 29.8. The predicted molar refractivity (Wildman–Crippen MR) is 129 cm³/mol. The molecule has 0 aromatic heterocycles. The molecule has 154 valence electrons. The van der Waals surface area contributed by atoms with Crippen LogP contribution in [0, 0.1) is 20.8 Å². The number of thiocarbonyl (C=S) groups is 1. The topological polar surface area (TPSA) is 40.6 Å². The fourth-order valence-corrected chi connectivity index (χ4v) is 3.78. The molecule has 1 aliphatic rings. The van der Waals surface area contributed by atoms with Crippen LogP contribution in [-0.2, 0) is 9.59 Å². The molecule has 0 unspecified atom stereocenters. The van der Waals surface area contributed by atoms with Gasteiger partial charge in [0, 0.05) is 0 Å². The molecule has 1 aliphatic heterocycles. The van der Waals surface area contributed by atoms with Crippen LogP contribution >= 0.6 is 12.2 Å². The van der Waals surface area contributed by atoms with E-state index >= 15 is 0 Å².